The first-order chi connectivity index (χ1) is 16.0. The van der Waals surface area contributed by atoms with Crippen LogP contribution < -0.4 is 10.2 Å². The Morgan fingerprint density at radius 3 is 2.42 bits per heavy atom. The summed E-state index contributed by atoms with van der Waals surface area (Å²) in [6, 6.07) is 23.3. The summed E-state index contributed by atoms with van der Waals surface area (Å²) in [6.07, 6.45) is 1.81. The highest BCUT2D eigenvalue weighted by atomic mass is 79.9. The van der Waals surface area contributed by atoms with E-state index in [1.165, 1.54) is 5.56 Å². The lowest BCUT2D eigenvalue weighted by Crippen LogP contribution is -2.29. The highest BCUT2D eigenvalue weighted by Crippen LogP contribution is 2.44. The zero-order valence-electron chi connectivity index (χ0n) is 18.2. The number of para-hydroxylation sites is 1. The first-order valence-corrected chi connectivity index (χ1v) is 11.9. The molecule has 1 aliphatic rings. The van der Waals surface area contributed by atoms with Gasteiger partial charge < -0.3 is 19.9 Å². The van der Waals surface area contributed by atoms with Crippen molar-refractivity contribution in [1.82, 2.24) is 14.9 Å². The van der Waals surface area contributed by atoms with Crippen molar-refractivity contribution < 1.29 is 5.11 Å². The van der Waals surface area contributed by atoms with Crippen LogP contribution in [0.1, 0.15) is 34.7 Å². The summed E-state index contributed by atoms with van der Waals surface area (Å²) in [5, 5.41) is 14.0. The molecule has 2 aromatic heterocycles. The second-order valence-corrected chi connectivity index (χ2v) is 9.37. The Bertz CT molecular complexity index is 1320. The van der Waals surface area contributed by atoms with Gasteiger partial charge >= 0.3 is 0 Å². The molecule has 2 N–H and O–H groups in total. The van der Waals surface area contributed by atoms with E-state index >= 15 is 0 Å². The summed E-state index contributed by atoms with van der Waals surface area (Å²) in [5.41, 5.74) is 6.38. The van der Waals surface area contributed by atoms with Crippen LogP contribution in [0.3, 0.4) is 0 Å². The van der Waals surface area contributed by atoms with Crippen LogP contribution in [-0.2, 0) is 0 Å². The van der Waals surface area contributed by atoms with Gasteiger partial charge in [0.15, 0.2) is 5.11 Å². The monoisotopic (exact) mass is 518 g/mol. The predicted molar refractivity (Wildman–Crippen MR) is 139 cm³/mol. The van der Waals surface area contributed by atoms with E-state index < -0.39 is 0 Å². The Kier molecular flexibility index (Phi) is 5.68. The van der Waals surface area contributed by atoms with Crippen LogP contribution in [0.4, 0.5) is 5.69 Å². The molecule has 1 saturated heterocycles. The van der Waals surface area contributed by atoms with Gasteiger partial charge in [0.2, 0.25) is 0 Å². The standard InChI is InChI=1S/C26H23BrN4OS/c1-16-15-20(17(2)30(16)23-9-4-3-7-21(23)27)25-24(22-8-5-6-14-28-22)29-26(33)31(25)18-10-12-19(32)13-11-18/h3-15,24-25,32H,1-2H3,(H,29,33). The molecule has 2 aromatic carbocycles. The van der Waals surface area contributed by atoms with Crippen LogP contribution in [0.2, 0.25) is 0 Å². The summed E-state index contributed by atoms with van der Waals surface area (Å²) in [5.74, 6) is 0.224. The first kappa shape index (κ1) is 21.7. The molecule has 0 bridgehead atoms. The number of phenols is 1. The van der Waals surface area contributed by atoms with Gasteiger partial charge in [0.1, 0.15) is 5.75 Å². The van der Waals surface area contributed by atoms with Gasteiger partial charge in [-0.2, -0.15) is 0 Å². The second-order valence-electron chi connectivity index (χ2n) is 8.13. The van der Waals surface area contributed by atoms with Crippen molar-refractivity contribution in [2.75, 3.05) is 4.90 Å². The largest absolute Gasteiger partial charge is 0.508 e. The number of aromatic nitrogens is 2. The Morgan fingerprint density at radius 1 is 1.00 bits per heavy atom. The Morgan fingerprint density at radius 2 is 1.73 bits per heavy atom. The van der Waals surface area contributed by atoms with Crippen molar-refractivity contribution >= 4 is 38.9 Å². The maximum atomic E-state index is 9.83. The molecular weight excluding hydrogens is 496 g/mol. The maximum Gasteiger partial charge on any atom is 0.174 e. The molecule has 1 fully saturated rings. The van der Waals surface area contributed by atoms with Gasteiger partial charge in [-0.25, -0.2) is 0 Å². The summed E-state index contributed by atoms with van der Waals surface area (Å²) in [6.45, 7) is 4.27. The third-order valence-corrected chi connectivity index (χ3v) is 7.09. The fourth-order valence-electron chi connectivity index (χ4n) is 4.65. The SMILES string of the molecule is Cc1cc(C2C(c3ccccn3)NC(=S)N2c2ccc(O)cc2)c(C)n1-c1ccccc1Br. The minimum absolute atomic E-state index is 0.112. The summed E-state index contributed by atoms with van der Waals surface area (Å²) in [7, 11) is 0. The lowest BCUT2D eigenvalue weighted by atomic mass is 9.96. The van der Waals surface area contributed by atoms with E-state index in [2.05, 4.69) is 67.7 Å². The molecule has 166 valence electrons. The van der Waals surface area contributed by atoms with Crippen molar-refractivity contribution in [2.24, 2.45) is 0 Å². The van der Waals surface area contributed by atoms with Crippen LogP contribution in [0.25, 0.3) is 5.69 Å². The van der Waals surface area contributed by atoms with Crippen molar-refractivity contribution in [3.63, 3.8) is 0 Å². The zero-order chi connectivity index (χ0) is 23.1. The number of benzene rings is 2. The molecule has 2 atom stereocenters. The third-order valence-electron chi connectivity index (χ3n) is 6.11. The number of aryl methyl sites for hydroxylation is 1. The Labute approximate surface area is 206 Å². The van der Waals surface area contributed by atoms with E-state index in [0.717, 1.165) is 32.9 Å². The van der Waals surface area contributed by atoms with Gasteiger partial charge in [-0.1, -0.05) is 18.2 Å². The lowest BCUT2D eigenvalue weighted by Gasteiger charge is -2.28. The van der Waals surface area contributed by atoms with E-state index in [0.29, 0.717) is 5.11 Å². The number of halogens is 1. The number of pyridine rings is 1. The molecule has 0 spiro atoms. The molecule has 0 saturated carbocycles. The van der Waals surface area contributed by atoms with Gasteiger partial charge in [0.25, 0.3) is 0 Å². The Balaban J connectivity index is 1.69. The number of hydrogen-bond acceptors (Lipinski definition) is 3. The lowest BCUT2D eigenvalue weighted by molar-refractivity contribution is 0.475. The van der Waals surface area contributed by atoms with Crippen molar-refractivity contribution in [2.45, 2.75) is 25.9 Å². The number of thiocarbonyl (C=S) groups is 1. The van der Waals surface area contributed by atoms with Crippen molar-refractivity contribution in [3.05, 3.63) is 106 Å². The minimum atomic E-state index is -0.124. The molecule has 5 rings (SSSR count). The van der Waals surface area contributed by atoms with Gasteiger partial charge in [0.05, 0.1) is 23.5 Å². The summed E-state index contributed by atoms with van der Waals surface area (Å²) < 4.78 is 3.31. The number of phenolic OH excluding ortho intramolecular Hbond substituents is 1. The number of aromatic hydroxyl groups is 1. The molecule has 0 radical (unpaired) electrons. The minimum Gasteiger partial charge on any atom is -0.508 e. The molecule has 33 heavy (non-hydrogen) atoms. The smallest absolute Gasteiger partial charge is 0.174 e. The Hall–Kier alpha value is -3.16. The summed E-state index contributed by atoms with van der Waals surface area (Å²) in [4.78, 5) is 6.77. The topological polar surface area (TPSA) is 53.3 Å². The highest BCUT2D eigenvalue weighted by Gasteiger charge is 2.42. The third kappa shape index (κ3) is 3.81. The van der Waals surface area contributed by atoms with Crippen molar-refractivity contribution in [1.29, 1.82) is 0 Å². The van der Waals surface area contributed by atoms with E-state index in [9.17, 15) is 5.11 Å². The fourth-order valence-corrected chi connectivity index (χ4v) is 5.46. The van der Waals surface area contributed by atoms with Crippen LogP contribution in [0, 0.1) is 13.8 Å². The molecule has 7 heteroatoms. The maximum absolute atomic E-state index is 9.83. The van der Waals surface area contributed by atoms with Gasteiger partial charge in [-0.05, 0) is 102 Å². The number of nitrogens with zero attached hydrogens (tertiary/aromatic N) is 3. The molecule has 5 nitrogen and oxygen atoms in total. The van der Waals surface area contributed by atoms with E-state index in [1.54, 1.807) is 12.1 Å². The quantitative estimate of drug-likeness (QED) is 0.318. The van der Waals surface area contributed by atoms with E-state index in [4.69, 9.17) is 12.2 Å². The summed E-state index contributed by atoms with van der Waals surface area (Å²) >= 11 is 9.53. The average molecular weight is 519 g/mol. The number of rotatable bonds is 4. The van der Waals surface area contributed by atoms with E-state index in [1.807, 2.05) is 48.7 Å². The normalized spacial score (nSPS) is 17.9. The average Bonchev–Trinajstić information content (AvgIpc) is 3.31. The van der Waals surface area contributed by atoms with E-state index in [-0.39, 0.29) is 17.8 Å². The number of hydrogen-bond donors (Lipinski definition) is 2. The molecular formula is C26H23BrN4OS. The fraction of sp³-hybridized carbons (Fsp3) is 0.154. The number of anilines is 1. The molecule has 2 unspecified atom stereocenters. The molecule has 0 amide bonds. The van der Waals surface area contributed by atoms with Crippen LogP contribution in [-0.4, -0.2) is 19.8 Å². The second kappa shape index (κ2) is 8.65. The molecule has 0 aliphatic carbocycles. The molecule has 4 aromatic rings. The molecule has 1 aliphatic heterocycles. The van der Waals surface area contributed by atoms with Crippen LogP contribution in [0.5, 0.6) is 5.75 Å². The van der Waals surface area contributed by atoms with Crippen LogP contribution in [0.15, 0.2) is 83.5 Å². The molecule has 3 heterocycles. The van der Waals surface area contributed by atoms with Gasteiger partial charge in [-0.3, -0.25) is 4.98 Å². The highest BCUT2D eigenvalue weighted by molar-refractivity contribution is 9.10. The number of nitrogens with one attached hydrogen (secondary N) is 1. The zero-order valence-corrected chi connectivity index (χ0v) is 20.6. The predicted octanol–water partition coefficient (Wildman–Crippen LogP) is 6.13. The first-order valence-electron chi connectivity index (χ1n) is 10.7. The van der Waals surface area contributed by atoms with Crippen LogP contribution >= 0.6 is 28.1 Å². The van der Waals surface area contributed by atoms with Crippen molar-refractivity contribution in [3.8, 4) is 11.4 Å². The van der Waals surface area contributed by atoms with Gasteiger partial charge in [0, 0.05) is 27.7 Å². The van der Waals surface area contributed by atoms with Gasteiger partial charge in [-0.15, -0.1) is 0 Å².